The van der Waals surface area contributed by atoms with Crippen LogP contribution < -0.4 is 19.1 Å². The zero-order valence-corrected chi connectivity index (χ0v) is 22.2. The van der Waals surface area contributed by atoms with Crippen molar-refractivity contribution in [2.24, 2.45) is 0 Å². The number of likely N-dealkylation sites (N-methyl/N-ethyl adjacent to an activating group) is 1. The quantitative estimate of drug-likeness (QED) is 0.235. The number of hydrogen-bond donors (Lipinski definition) is 0. The molecule has 0 unspecified atom stereocenters. The molecule has 1 aromatic heterocycles. The topological polar surface area (TPSA) is 104 Å². The second kappa shape index (κ2) is 13.2. The number of carbonyl (C=O) groups excluding carboxylic acids is 2. The molecule has 0 spiro atoms. The number of hydrogen-bond acceptors (Lipinski definition) is 9. The first kappa shape index (κ1) is 27.3. The molecular weight excluding hydrogens is 502 g/mol. The van der Waals surface area contributed by atoms with E-state index in [1.54, 1.807) is 31.2 Å². The highest BCUT2D eigenvalue weighted by molar-refractivity contribution is 5.79. The van der Waals surface area contributed by atoms with Gasteiger partial charge in [0.05, 0.1) is 20.3 Å². The minimum absolute atomic E-state index is 0.104. The maximum absolute atomic E-state index is 13.0. The van der Waals surface area contributed by atoms with Crippen LogP contribution in [0.4, 0.5) is 10.8 Å². The van der Waals surface area contributed by atoms with E-state index in [1.807, 2.05) is 60.5 Å². The van der Waals surface area contributed by atoms with Crippen molar-refractivity contribution in [3.05, 3.63) is 78.4 Å². The summed E-state index contributed by atoms with van der Waals surface area (Å²) in [5, 5.41) is 0. The van der Waals surface area contributed by atoms with E-state index in [0.29, 0.717) is 30.7 Å². The van der Waals surface area contributed by atoms with Crippen LogP contribution in [0, 0.1) is 0 Å². The molecule has 0 N–H and O–H groups in total. The number of rotatable bonds is 12. The van der Waals surface area contributed by atoms with Gasteiger partial charge in [-0.1, -0.05) is 36.4 Å². The number of aromatic nitrogens is 1. The first-order valence-electron chi connectivity index (χ1n) is 12.5. The Morgan fingerprint density at radius 2 is 1.74 bits per heavy atom. The molecule has 204 valence electrons. The summed E-state index contributed by atoms with van der Waals surface area (Å²) in [4.78, 5) is 32.9. The number of esters is 1. The minimum Gasteiger partial charge on any atom is -0.493 e. The Morgan fingerprint density at radius 3 is 2.51 bits per heavy atom. The van der Waals surface area contributed by atoms with Crippen molar-refractivity contribution in [3.63, 3.8) is 0 Å². The summed E-state index contributed by atoms with van der Waals surface area (Å²) in [5.74, 6) is 0.732. The van der Waals surface area contributed by atoms with Crippen molar-refractivity contribution < 1.29 is 33.0 Å². The molecule has 0 aliphatic heterocycles. The molecular formula is C29H31N3O7. The molecule has 1 heterocycles. The monoisotopic (exact) mass is 533 g/mol. The van der Waals surface area contributed by atoms with E-state index in [9.17, 15) is 9.59 Å². The summed E-state index contributed by atoms with van der Waals surface area (Å²) in [6.07, 6.45) is -0.709. The Kier molecular flexibility index (Phi) is 9.23. The number of carbonyl (C=O) groups is 2. The summed E-state index contributed by atoms with van der Waals surface area (Å²) in [6, 6.07) is 22.2. The summed E-state index contributed by atoms with van der Waals surface area (Å²) in [5.41, 5.74) is 2.27. The van der Waals surface area contributed by atoms with Crippen molar-refractivity contribution in [3.8, 4) is 17.2 Å². The fourth-order valence-electron chi connectivity index (χ4n) is 3.78. The first-order valence-corrected chi connectivity index (χ1v) is 12.5. The fraction of sp³-hybridized carbons (Fsp3) is 0.276. The molecule has 0 radical (unpaired) electrons. The van der Waals surface area contributed by atoms with Gasteiger partial charge in [-0.3, -0.25) is 9.69 Å². The van der Waals surface area contributed by atoms with Gasteiger partial charge in [-0.15, -0.1) is 0 Å². The molecule has 0 bridgehead atoms. The lowest BCUT2D eigenvalue weighted by Gasteiger charge is -2.22. The molecule has 0 aliphatic rings. The van der Waals surface area contributed by atoms with Gasteiger partial charge in [-0.05, 0) is 48.9 Å². The smallest absolute Gasteiger partial charge is 0.416 e. The van der Waals surface area contributed by atoms with Crippen molar-refractivity contribution in [2.75, 3.05) is 45.4 Å². The van der Waals surface area contributed by atoms with Gasteiger partial charge in [0.2, 0.25) is 0 Å². The standard InChI is InChI=1S/C29H31N3O7/c1-4-36-27(33)20-32(29(34)39-26-15-8-7-14-25(26)35-3)19-21-10-9-11-22(18-21)37-17-16-31(2)28-30-23-12-5-6-13-24(23)38-28/h5-15,18H,4,16-17,19-20H2,1-3H3. The van der Waals surface area contributed by atoms with E-state index < -0.39 is 12.1 Å². The number of para-hydroxylation sites is 4. The number of nitrogens with zero attached hydrogens (tertiary/aromatic N) is 3. The van der Waals surface area contributed by atoms with Gasteiger partial charge < -0.3 is 28.3 Å². The zero-order chi connectivity index (χ0) is 27.6. The predicted octanol–water partition coefficient (Wildman–Crippen LogP) is 4.92. The lowest BCUT2D eigenvalue weighted by atomic mass is 10.2. The Hall–Kier alpha value is -4.73. The minimum atomic E-state index is -0.709. The summed E-state index contributed by atoms with van der Waals surface area (Å²) < 4.78 is 27.6. The average molecular weight is 534 g/mol. The van der Waals surface area contributed by atoms with Crippen molar-refractivity contribution >= 4 is 29.2 Å². The van der Waals surface area contributed by atoms with E-state index in [-0.39, 0.29) is 25.4 Å². The van der Waals surface area contributed by atoms with Crippen LogP contribution in [0.1, 0.15) is 12.5 Å². The molecule has 0 saturated carbocycles. The first-order chi connectivity index (χ1) is 19.0. The number of oxazole rings is 1. The number of fused-ring (bicyclic) bond motifs is 1. The molecule has 4 aromatic rings. The highest BCUT2D eigenvalue weighted by atomic mass is 16.6. The van der Waals surface area contributed by atoms with Crippen LogP contribution in [0.3, 0.4) is 0 Å². The Balaban J connectivity index is 1.39. The van der Waals surface area contributed by atoms with Crippen LogP contribution in [0.15, 0.2) is 77.2 Å². The highest BCUT2D eigenvalue weighted by Gasteiger charge is 2.22. The van der Waals surface area contributed by atoms with Gasteiger partial charge in [0.25, 0.3) is 6.01 Å². The van der Waals surface area contributed by atoms with Crippen molar-refractivity contribution in [1.82, 2.24) is 9.88 Å². The maximum Gasteiger partial charge on any atom is 0.416 e. The van der Waals surface area contributed by atoms with E-state index in [0.717, 1.165) is 16.7 Å². The van der Waals surface area contributed by atoms with Gasteiger partial charge in [0, 0.05) is 13.6 Å². The van der Waals surface area contributed by atoms with Crippen LogP contribution in [0.2, 0.25) is 0 Å². The third-order valence-electron chi connectivity index (χ3n) is 5.73. The van der Waals surface area contributed by atoms with Gasteiger partial charge in [-0.25, -0.2) is 4.79 Å². The molecule has 0 aliphatic carbocycles. The molecule has 10 nitrogen and oxygen atoms in total. The lowest BCUT2D eigenvalue weighted by molar-refractivity contribution is -0.144. The van der Waals surface area contributed by atoms with E-state index >= 15 is 0 Å². The molecule has 0 atom stereocenters. The number of methoxy groups -OCH3 is 1. The summed E-state index contributed by atoms with van der Waals surface area (Å²) in [6.45, 7) is 2.65. The van der Waals surface area contributed by atoms with Gasteiger partial charge in [-0.2, -0.15) is 4.98 Å². The molecule has 4 rings (SSSR count). The lowest BCUT2D eigenvalue weighted by Crippen LogP contribution is -2.38. The zero-order valence-electron chi connectivity index (χ0n) is 22.2. The van der Waals surface area contributed by atoms with E-state index in [1.165, 1.54) is 12.0 Å². The molecule has 10 heteroatoms. The van der Waals surface area contributed by atoms with E-state index in [4.69, 9.17) is 23.4 Å². The van der Waals surface area contributed by atoms with Crippen molar-refractivity contribution in [1.29, 1.82) is 0 Å². The fourth-order valence-corrected chi connectivity index (χ4v) is 3.78. The van der Waals surface area contributed by atoms with Crippen LogP contribution in [0.5, 0.6) is 17.2 Å². The molecule has 0 fully saturated rings. The SMILES string of the molecule is CCOC(=O)CN(Cc1cccc(OCCN(C)c2nc3ccccc3o2)c1)C(=O)Oc1ccccc1OC. The van der Waals surface area contributed by atoms with Gasteiger partial charge in [0.1, 0.15) is 24.4 Å². The van der Waals surface area contributed by atoms with Gasteiger partial charge in [0.15, 0.2) is 17.1 Å². The molecule has 0 saturated heterocycles. The predicted molar refractivity (Wildman–Crippen MR) is 145 cm³/mol. The number of ether oxygens (including phenoxy) is 4. The summed E-state index contributed by atoms with van der Waals surface area (Å²) >= 11 is 0. The van der Waals surface area contributed by atoms with Crippen LogP contribution in [-0.4, -0.2) is 62.4 Å². The molecule has 3 aromatic carbocycles. The Bertz CT molecular complexity index is 1370. The van der Waals surface area contributed by atoms with Gasteiger partial charge >= 0.3 is 12.1 Å². The number of benzene rings is 3. The van der Waals surface area contributed by atoms with E-state index in [2.05, 4.69) is 4.98 Å². The normalized spacial score (nSPS) is 10.6. The third kappa shape index (κ3) is 7.41. The second-order valence-electron chi connectivity index (χ2n) is 8.56. The number of anilines is 1. The summed E-state index contributed by atoms with van der Waals surface area (Å²) in [7, 11) is 3.37. The van der Waals surface area contributed by atoms with Crippen LogP contribution in [-0.2, 0) is 16.1 Å². The highest BCUT2D eigenvalue weighted by Crippen LogP contribution is 2.27. The third-order valence-corrected chi connectivity index (χ3v) is 5.73. The Morgan fingerprint density at radius 1 is 0.974 bits per heavy atom. The van der Waals surface area contributed by atoms with Crippen molar-refractivity contribution in [2.45, 2.75) is 13.5 Å². The number of amides is 1. The second-order valence-corrected chi connectivity index (χ2v) is 8.56. The molecule has 39 heavy (non-hydrogen) atoms. The van der Waals surface area contributed by atoms with Crippen LogP contribution in [0.25, 0.3) is 11.1 Å². The largest absolute Gasteiger partial charge is 0.493 e. The average Bonchev–Trinajstić information content (AvgIpc) is 3.38. The molecule has 1 amide bonds. The maximum atomic E-state index is 13.0. The Labute approximate surface area is 226 Å². The van der Waals surface area contributed by atoms with Crippen LogP contribution >= 0.6 is 0 Å².